The molecule has 6 aromatic heterocycles. The van der Waals surface area contributed by atoms with E-state index in [1.807, 2.05) is 122 Å². The number of aromatic nitrogens is 6. The second-order valence-corrected chi connectivity index (χ2v) is 22.5. The Bertz CT molecular complexity index is 5210. The van der Waals surface area contributed by atoms with Crippen LogP contribution in [0.3, 0.4) is 0 Å². The molecule has 0 fully saturated rings. The van der Waals surface area contributed by atoms with Crippen LogP contribution in [0, 0.1) is 17.9 Å². The van der Waals surface area contributed by atoms with Gasteiger partial charge in [0.2, 0.25) is 0 Å². The summed E-state index contributed by atoms with van der Waals surface area (Å²) in [5.41, 5.74) is 23.8. The lowest BCUT2D eigenvalue weighted by Crippen LogP contribution is -2.04. The Morgan fingerprint density at radius 3 is 0.900 bits per heavy atom. The predicted molar refractivity (Wildman–Crippen MR) is 366 cm³/mol. The van der Waals surface area contributed by atoms with Crippen molar-refractivity contribution in [2.75, 3.05) is 0 Å². The molecule has 8 heteroatoms. The maximum atomic E-state index is 10.3. The van der Waals surface area contributed by atoms with Crippen LogP contribution in [0.2, 0.25) is 0 Å². The van der Waals surface area contributed by atoms with Gasteiger partial charge in [-0.15, -0.1) is 0 Å². The first-order chi connectivity index (χ1) is 44.5. The molecule has 0 saturated heterocycles. The minimum atomic E-state index is 0.449. The fourth-order valence-electron chi connectivity index (χ4n) is 12.7. The summed E-state index contributed by atoms with van der Waals surface area (Å²) in [4.78, 5) is 24.2. The standard InChI is InChI=1S/C82H50N8/c1-84-76-47-82(90-79-39-31-60(65-27-35-74(87-51-65)56-20-10-4-11-21-56)44-70(79)71-45-61(32-40-80(71)90)66-28-36-75(88-52-66)57-22-12-5-13-23-57)81(46-67(76)62-24-14-15-53(41-62)48-83)89-77-37-29-58(63-25-33-72(85-49-63)54-16-6-2-7-17-54)42-68(77)69-43-59(30-38-78(69)89)64-26-34-73(86-50-64)55-18-8-3-9-19-55/h2-47,49-52H. The van der Waals surface area contributed by atoms with Crippen LogP contribution in [0.5, 0.6) is 0 Å². The van der Waals surface area contributed by atoms with Crippen LogP contribution >= 0.6 is 0 Å². The Labute approximate surface area is 519 Å². The fourth-order valence-corrected chi connectivity index (χ4v) is 12.7. The highest BCUT2D eigenvalue weighted by Crippen LogP contribution is 2.46. The Morgan fingerprint density at radius 2 is 0.600 bits per heavy atom. The molecule has 0 aliphatic carbocycles. The monoisotopic (exact) mass is 1150 g/mol. The lowest BCUT2D eigenvalue weighted by molar-refractivity contribution is 1.10. The van der Waals surface area contributed by atoms with Gasteiger partial charge in [0.05, 0.1) is 74.4 Å². The van der Waals surface area contributed by atoms with Crippen LogP contribution in [0.4, 0.5) is 5.69 Å². The molecule has 8 nitrogen and oxygen atoms in total. The van der Waals surface area contributed by atoms with Crippen LogP contribution in [0.15, 0.2) is 304 Å². The minimum absolute atomic E-state index is 0.449. The van der Waals surface area contributed by atoms with Crippen LogP contribution in [-0.4, -0.2) is 29.1 Å². The van der Waals surface area contributed by atoms with E-state index in [1.54, 1.807) is 6.07 Å². The number of rotatable bonds is 11. The van der Waals surface area contributed by atoms with Gasteiger partial charge in [0.1, 0.15) is 0 Å². The third kappa shape index (κ3) is 9.51. The number of pyridine rings is 4. The normalized spacial score (nSPS) is 11.3. The number of hydrogen-bond acceptors (Lipinski definition) is 5. The SMILES string of the molecule is [C-]#[N+]c1cc(-n2c3ccc(-c4ccc(-c5ccccc5)nc4)cc3c3cc(-c4ccc(-c5ccccc5)nc4)ccc32)c(-n2c3ccc(-c4ccc(-c5ccccc5)nc4)cc3c3cc(-c4ccc(-c5ccccc5)nc4)ccc32)cc1-c1cccc(C#N)c1. The first-order valence-electron chi connectivity index (χ1n) is 29.8. The van der Waals surface area contributed by atoms with Gasteiger partial charge >= 0.3 is 0 Å². The summed E-state index contributed by atoms with van der Waals surface area (Å²) in [6, 6.07) is 98.7. The topological polar surface area (TPSA) is 89.6 Å². The number of nitriles is 1. The van der Waals surface area contributed by atoms with Gasteiger partial charge in [-0.2, -0.15) is 5.26 Å². The van der Waals surface area contributed by atoms with E-state index in [1.165, 1.54) is 0 Å². The molecule has 0 spiro atoms. The van der Waals surface area contributed by atoms with Gasteiger partial charge in [-0.25, -0.2) is 4.85 Å². The maximum absolute atomic E-state index is 10.3. The number of nitrogens with zero attached hydrogens (tertiary/aromatic N) is 8. The fraction of sp³-hybridized carbons (Fsp3) is 0. The second kappa shape index (κ2) is 22.3. The van der Waals surface area contributed by atoms with Crippen LogP contribution < -0.4 is 0 Å². The molecule has 0 N–H and O–H groups in total. The van der Waals surface area contributed by atoms with Crippen molar-refractivity contribution in [3.63, 3.8) is 0 Å². The summed E-state index contributed by atoms with van der Waals surface area (Å²) in [7, 11) is 0. The first-order valence-corrected chi connectivity index (χ1v) is 29.8. The molecular weight excluding hydrogens is 1100 g/mol. The zero-order chi connectivity index (χ0) is 60.1. The zero-order valence-corrected chi connectivity index (χ0v) is 48.4. The van der Waals surface area contributed by atoms with Crippen molar-refractivity contribution >= 4 is 49.3 Å². The molecule has 0 radical (unpaired) electrons. The molecule has 90 heavy (non-hydrogen) atoms. The molecular formula is C82H50N8. The smallest absolute Gasteiger partial charge is 0.197 e. The van der Waals surface area contributed by atoms with Crippen molar-refractivity contribution in [2.24, 2.45) is 0 Å². The average Bonchev–Trinajstić information content (AvgIpc) is 1.60. The van der Waals surface area contributed by atoms with Gasteiger partial charge in [-0.3, -0.25) is 19.9 Å². The third-order valence-corrected chi connectivity index (χ3v) is 17.2. The molecule has 0 aliphatic heterocycles. The van der Waals surface area contributed by atoms with Crippen molar-refractivity contribution in [3.8, 4) is 118 Å². The van der Waals surface area contributed by atoms with Crippen molar-refractivity contribution < 1.29 is 0 Å². The van der Waals surface area contributed by atoms with Crippen LogP contribution in [-0.2, 0) is 0 Å². The highest BCUT2D eigenvalue weighted by molar-refractivity contribution is 6.14. The number of fused-ring (bicyclic) bond motifs is 6. The summed E-state index contributed by atoms with van der Waals surface area (Å²) in [5.74, 6) is 0. The summed E-state index contributed by atoms with van der Waals surface area (Å²) < 4.78 is 4.68. The third-order valence-electron chi connectivity index (χ3n) is 17.2. The van der Waals surface area contributed by atoms with E-state index in [-0.39, 0.29) is 0 Å². The van der Waals surface area contributed by atoms with E-state index < -0.39 is 0 Å². The Kier molecular flexibility index (Phi) is 13.1. The maximum Gasteiger partial charge on any atom is 0.197 e. The molecule has 10 aromatic carbocycles. The van der Waals surface area contributed by atoms with Gasteiger partial charge in [-0.05, 0) is 130 Å². The molecule has 16 aromatic rings. The highest BCUT2D eigenvalue weighted by Gasteiger charge is 2.24. The summed E-state index contributed by atoms with van der Waals surface area (Å²) >= 11 is 0. The van der Waals surface area contributed by atoms with Crippen molar-refractivity contribution in [2.45, 2.75) is 0 Å². The predicted octanol–water partition coefficient (Wildman–Crippen LogP) is 20.9. The Morgan fingerprint density at radius 1 is 0.289 bits per heavy atom. The van der Waals surface area contributed by atoms with Crippen molar-refractivity contribution in [1.29, 1.82) is 5.26 Å². The van der Waals surface area contributed by atoms with Gasteiger partial charge in [-0.1, -0.05) is 182 Å². The van der Waals surface area contributed by atoms with E-state index in [0.717, 1.165) is 150 Å². The van der Waals surface area contributed by atoms with Crippen molar-refractivity contribution in [1.82, 2.24) is 29.1 Å². The Hall–Kier alpha value is -12.6. The minimum Gasteiger partial charge on any atom is -0.308 e. The summed E-state index contributed by atoms with van der Waals surface area (Å²) in [5, 5.41) is 14.4. The van der Waals surface area contributed by atoms with Crippen LogP contribution in [0.25, 0.3) is 160 Å². The van der Waals surface area contributed by atoms with E-state index in [0.29, 0.717) is 16.8 Å². The quantitative estimate of drug-likeness (QED) is 0.120. The lowest BCUT2D eigenvalue weighted by Gasteiger charge is -2.20. The van der Waals surface area contributed by atoms with Gasteiger partial charge in [0.25, 0.3) is 0 Å². The molecule has 0 amide bonds. The molecule has 0 saturated carbocycles. The molecule has 0 bridgehead atoms. The molecule has 0 atom stereocenters. The van der Waals surface area contributed by atoms with E-state index >= 15 is 0 Å². The lowest BCUT2D eigenvalue weighted by atomic mass is 9.99. The average molecular weight is 1150 g/mol. The first kappa shape index (κ1) is 52.9. The number of hydrogen-bond donors (Lipinski definition) is 0. The molecule has 0 unspecified atom stereocenters. The molecule has 418 valence electrons. The van der Waals surface area contributed by atoms with Crippen LogP contribution in [0.1, 0.15) is 5.56 Å². The van der Waals surface area contributed by atoms with Gasteiger partial charge in [0, 0.05) is 90.8 Å². The number of benzene rings is 10. The zero-order valence-electron chi connectivity index (χ0n) is 48.4. The van der Waals surface area contributed by atoms with E-state index in [4.69, 9.17) is 26.5 Å². The largest absolute Gasteiger partial charge is 0.308 e. The van der Waals surface area contributed by atoms with Crippen molar-refractivity contribution in [3.05, 3.63) is 321 Å². The van der Waals surface area contributed by atoms with Gasteiger partial charge in [0.15, 0.2) is 5.69 Å². The molecule has 16 rings (SSSR count). The van der Waals surface area contributed by atoms with Gasteiger partial charge < -0.3 is 9.13 Å². The summed E-state index contributed by atoms with van der Waals surface area (Å²) in [6.45, 7) is 8.93. The Balaban J connectivity index is 0.939. The summed E-state index contributed by atoms with van der Waals surface area (Å²) in [6.07, 6.45) is 7.84. The van der Waals surface area contributed by atoms with E-state index in [9.17, 15) is 5.26 Å². The second-order valence-electron chi connectivity index (χ2n) is 22.5. The molecule has 0 aliphatic rings. The highest BCUT2D eigenvalue weighted by atomic mass is 15.1. The molecule has 6 heterocycles. The van der Waals surface area contributed by atoms with E-state index in [2.05, 4.69) is 196 Å².